The zero-order chi connectivity index (χ0) is 13.3. The van der Waals surface area contributed by atoms with Gasteiger partial charge in [0.25, 0.3) is 0 Å². The number of rotatable bonds is 3. The van der Waals surface area contributed by atoms with Crippen LogP contribution in [0.4, 0.5) is 5.95 Å². The third kappa shape index (κ3) is 5.77. The quantitative estimate of drug-likeness (QED) is 0.878. The Morgan fingerprint density at radius 1 is 0.941 bits per heavy atom. The summed E-state index contributed by atoms with van der Waals surface area (Å²) in [6.45, 7) is 10.9. The van der Waals surface area contributed by atoms with Gasteiger partial charge in [-0.1, -0.05) is 20.8 Å². The number of aromatic nitrogens is 3. The molecule has 17 heavy (non-hydrogen) atoms. The SMILES string of the molecule is CC(C)(C)CC(C)(C)Nc1nc(Br)nc(Br)n1. The third-order valence-corrected chi connectivity index (χ3v) is 2.71. The molecule has 6 heteroatoms. The zero-order valence-electron chi connectivity index (χ0n) is 10.8. The molecule has 4 nitrogen and oxygen atoms in total. The van der Waals surface area contributed by atoms with Gasteiger partial charge in [-0.3, -0.25) is 0 Å². The van der Waals surface area contributed by atoms with Gasteiger partial charge in [0.15, 0.2) is 0 Å². The molecule has 0 fully saturated rings. The van der Waals surface area contributed by atoms with Crippen LogP contribution in [0.25, 0.3) is 0 Å². The Morgan fingerprint density at radius 3 is 1.82 bits per heavy atom. The summed E-state index contributed by atoms with van der Waals surface area (Å²) in [6, 6.07) is 0. The maximum absolute atomic E-state index is 4.20. The van der Waals surface area contributed by atoms with Gasteiger partial charge in [-0.15, -0.1) is 0 Å². The lowest BCUT2D eigenvalue weighted by atomic mass is 9.82. The summed E-state index contributed by atoms with van der Waals surface area (Å²) < 4.78 is 1.04. The van der Waals surface area contributed by atoms with Crippen molar-refractivity contribution in [1.29, 1.82) is 0 Å². The summed E-state index contributed by atoms with van der Waals surface area (Å²) in [7, 11) is 0. The Bertz CT molecular complexity index is 379. The average molecular weight is 366 g/mol. The highest BCUT2D eigenvalue weighted by Gasteiger charge is 2.26. The fourth-order valence-electron chi connectivity index (χ4n) is 2.05. The molecule has 0 aromatic carbocycles. The number of hydrogen-bond donors (Lipinski definition) is 1. The molecular formula is C11H18Br2N4. The molecule has 1 N–H and O–H groups in total. The van der Waals surface area contributed by atoms with Gasteiger partial charge < -0.3 is 5.32 Å². The standard InChI is InChI=1S/C11H18Br2N4/c1-10(2,3)6-11(4,5)17-9-15-7(12)14-8(13)16-9/h6H2,1-5H3,(H,14,15,16,17). The lowest BCUT2D eigenvalue weighted by molar-refractivity contribution is 0.301. The smallest absolute Gasteiger partial charge is 0.228 e. The molecule has 0 bridgehead atoms. The minimum Gasteiger partial charge on any atom is -0.349 e. The molecule has 0 amide bonds. The Kier molecular flexibility index (Phi) is 4.52. The van der Waals surface area contributed by atoms with Crippen LogP contribution < -0.4 is 5.32 Å². The van der Waals surface area contributed by atoms with E-state index in [2.05, 4.69) is 86.7 Å². The Hall–Kier alpha value is -0.230. The van der Waals surface area contributed by atoms with Crippen molar-refractivity contribution in [2.75, 3.05) is 5.32 Å². The Morgan fingerprint density at radius 2 is 1.41 bits per heavy atom. The van der Waals surface area contributed by atoms with Gasteiger partial charge in [0.2, 0.25) is 15.4 Å². The monoisotopic (exact) mass is 364 g/mol. The first kappa shape index (κ1) is 14.8. The van der Waals surface area contributed by atoms with E-state index >= 15 is 0 Å². The van der Waals surface area contributed by atoms with Gasteiger partial charge in [-0.2, -0.15) is 15.0 Å². The maximum atomic E-state index is 4.20. The predicted molar refractivity (Wildman–Crippen MR) is 77.0 cm³/mol. The highest BCUT2D eigenvalue weighted by molar-refractivity contribution is 9.11. The van der Waals surface area contributed by atoms with E-state index in [0.29, 0.717) is 15.4 Å². The van der Waals surface area contributed by atoms with E-state index in [0.717, 1.165) is 6.42 Å². The van der Waals surface area contributed by atoms with Crippen molar-refractivity contribution >= 4 is 37.8 Å². The van der Waals surface area contributed by atoms with Gasteiger partial charge in [-0.25, -0.2) is 0 Å². The molecule has 0 saturated carbocycles. The second kappa shape index (κ2) is 5.18. The third-order valence-electron chi connectivity index (χ3n) is 2.00. The molecule has 0 aliphatic carbocycles. The predicted octanol–water partition coefficient (Wildman–Crippen LogP) is 4.02. The first-order chi connectivity index (χ1) is 7.57. The van der Waals surface area contributed by atoms with E-state index < -0.39 is 0 Å². The highest BCUT2D eigenvalue weighted by Crippen LogP contribution is 2.29. The van der Waals surface area contributed by atoms with E-state index in [1.807, 2.05) is 0 Å². The van der Waals surface area contributed by atoms with Crippen molar-refractivity contribution in [1.82, 2.24) is 15.0 Å². The van der Waals surface area contributed by atoms with Crippen molar-refractivity contribution in [2.24, 2.45) is 5.41 Å². The largest absolute Gasteiger partial charge is 0.349 e. The number of nitrogens with one attached hydrogen (secondary N) is 1. The zero-order valence-corrected chi connectivity index (χ0v) is 14.0. The van der Waals surface area contributed by atoms with Crippen molar-refractivity contribution in [3.8, 4) is 0 Å². The molecular weight excluding hydrogens is 348 g/mol. The van der Waals surface area contributed by atoms with Crippen LogP contribution in [0.3, 0.4) is 0 Å². The second-order valence-corrected chi connectivity index (χ2v) is 7.36. The summed E-state index contributed by atoms with van der Waals surface area (Å²) in [5.74, 6) is 0.577. The number of anilines is 1. The summed E-state index contributed by atoms with van der Waals surface area (Å²) in [6.07, 6.45) is 1.01. The fourth-order valence-corrected chi connectivity index (χ4v) is 2.96. The fraction of sp³-hybridized carbons (Fsp3) is 0.727. The maximum Gasteiger partial charge on any atom is 0.228 e. The number of nitrogens with zero attached hydrogens (tertiary/aromatic N) is 3. The molecule has 1 aromatic rings. The van der Waals surface area contributed by atoms with Crippen LogP contribution in [-0.2, 0) is 0 Å². The Balaban J connectivity index is 2.82. The molecule has 1 aromatic heterocycles. The lowest BCUT2D eigenvalue weighted by Gasteiger charge is -2.33. The van der Waals surface area contributed by atoms with Gasteiger partial charge in [0.05, 0.1) is 0 Å². The summed E-state index contributed by atoms with van der Waals surface area (Å²) in [5, 5.41) is 3.33. The molecule has 96 valence electrons. The summed E-state index contributed by atoms with van der Waals surface area (Å²) in [5.41, 5.74) is 0.177. The first-order valence-corrected chi connectivity index (χ1v) is 7.01. The normalized spacial score (nSPS) is 12.6. The molecule has 1 heterocycles. The molecule has 0 spiro atoms. The highest BCUT2D eigenvalue weighted by atomic mass is 79.9. The van der Waals surface area contributed by atoms with Crippen LogP contribution in [0.15, 0.2) is 9.47 Å². The van der Waals surface area contributed by atoms with Crippen molar-refractivity contribution in [2.45, 2.75) is 46.6 Å². The van der Waals surface area contributed by atoms with Crippen LogP contribution in [0.5, 0.6) is 0 Å². The molecule has 1 rings (SSSR count). The van der Waals surface area contributed by atoms with Crippen molar-refractivity contribution in [3.63, 3.8) is 0 Å². The van der Waals surface area contributed by atoms with Crippen LogP contribution >= 0.6 is 31.9 Å². The van der Waals surface area contributed by atoms with Gasteiger partial charge >= 0.3 is 0 Å². The topological polar surface area (TPSA) is 50.7 Å². The van der Waals surface area contributed by atoms with Crippen LogP contribution in [0.1, 0.15) is 41.0 Å². The van der Waals surface area contributed by atoms with Crippen LogP contribution in [0, 0.1) is 5.41 Å². The molecule has 0 saturated heterocycles. The van der Waals surface area contributed by atoms with E-state index in [1.54, 1.807) is 0 Å². The summed E-state index contributed by atoms with van der Waals surface area (Å²) in [4.78, 5) is 12.4. The molecule has 0 aliphatic heterocycles. The van der Waals surface area contributed by atoms with Gasteiger partial charge in [0.1, 0.15) is 0 Å². The lowest BCUT2D eigenvalue weighted by Crippen LogP contribution is -2.36. The molecule has 0 atom stereocenters. The van der Waals surface area contributed by atoms with Gasteiger partial charge in [-0.05, 0) is 57.5 Å². The second-order valence-electron chi connectivity index (χ2n) is 5.94. The number of hydrogen-bond acceptors (Lipinski definition) is 4. The van der Waals surface area contributed by atoms with Crippen molar-refractivity contribution < 1.29 is 0 Å². The van der Waals surface area contributed by atoms with Crippen LogP contribution in [0.2, 0.25) is 0 Å². The molecule has 0 aliphatic rings. The summed E-state index contributed by atoms with van der Waals surface area (Å²) >= 11 is 6.50. The van der Waals surface area contributed by atoms with E-state index in [-0.39, 0.29) is 11.0 Å². The van der Waals surface area contributed by atoms with E-state index in [1.165, 1.54) is 0 Å². The first-order valence-electron chi connectivity index (χ1n) is 5.43. The van der Waals surface area contributed by atoms with Gasteiger partial charge in [0, 0.05) is 5.54 Å². The van der Waals surface area contributed by atoms with Crippen LogP contribution in [-0.4, -0.2) is 20.5 Å². The molecule has 0 unspecified atom stereocenters. The minimum absolute atomic E-state index is 0.0709. The van der Waals surface area contributed by atoms with E-state index in [9.17, 15) is 0 Å². The number of halogens is 2. The molecule has 0 radical (unpaired) electrons. The Labute approximate surface area is 119 Å². The average Bonchev–Trinajstić information content (AvgIpc) is 1.93. The van der Waals surface area contributed by atoms with E-state index in [4.69, 9.17) is 0 Å². The minimum atomic E-state index is -0.0709. The van der Waals surface area contributed by atoms with Crippen molar-refractivity contribution in [3.05, 3.63) is 9.47 Å².